The lowest BCUT2D eigenvalue weighted by molar-refractivity contribution is -0.0495. The molecule has 0 atom stereocenters. The zero-order valence-electron chi connectivity index (χ0n) is 21.5. The molecule has 2 aromatic heterocycles. The Kier molecular flexibility index (Phi) is 7.02. The first-order chi connectivity index (χ1) is 17.7. The molecule has 2 fully saturated rings. The van der Waals surface area contributed by atoms with Crippen molar-refractivity contribution >= 4 is 16.8 Å². The number of amides is 1. The second-order valence-corrected chi connectivity index (χ2v) is 10.1. The summed E-state index contributed by atoms with van der Waals surface area (Å²) in [5, 5.41) is 0.818. The number of hydrogen-bond donors (Lipinski definition) is 0. The van der Waals surface area contributed by atoms with Gasteiger partial charge in [-0.3, -0.25) is 4.79 Å². The van der Waals surface area contributed by atoms with Crippen molar-refractivity contribution in [3.05, 3.63) is 42.4 Å². The summed E-state index contributed by atoms with van der Waals surface area (Å²) in [4.78, 5) is 25.9. The van der Waals surface area contributed by atoms with Crippen molar-refractivity contribution in [3.63, 3.8) is 0 Å². The number of piperidine rings is 2. The zero-order chi connectivity index (χ0) is 26.2. The molecule has 0 aliphatic carbocycles. The first-order valence-electron chi connectivity index (χ1n) is 12.8. The van der Waals surface area contributed by atoms with Gasteiger partial charge in [0.2, 0.25) is 0 Å². The maximum atomic E-state index is 13.7. The molecule has 5 rings (SSSR count). The fourth-order valence-corrected chi connectivity index (χ4v) is 5.13. The largest absolute Gasteiger partial charge is 0.490 e. The molecule has 2 saturated heterocycles. The molecule has 0 saturated carbocycles. The van der Waals surface area contributed by atoms with E-state index in [1.54, 1.807) is 23.0 Å². The predicted octanol–water partition coefficient (Wildman–Crippen LogP) is 4.55. The molecule has 37 heavy (non-hydrogen) atoms. The summed E-state index contributed by atoms with van der Waals surface area (Å²) in [6, 6.07) is 8.30. The van der Waals surface area contributed by atoms with Crippen LogP contribution in [0, 0.1) is 0 Å². The van der Waals surface area contributed by atoms with Crippen LogP contribution >= 0.6 is 0 Å². The summed E-state index contributed by atoms with van der Waals surface area (Å²) in [5.41, 5.74) is 1.73. The van der Waals surface area contributed by atoms with Gasteiger partial charge in [-0.15, -0.1) is 0 Å². The van der Waals surface area contributed by atoms with Gasteiger partial charge in [-0.2, -0.15) is 0 Å². The Morgan fingerprint density at radius 1 is 1.05 bits per heavy atom. The fourth-order valence-electron chi connectivity index (χ4n) is 5.13. The lowest BCUT2D eigenvalue weighted by Gasteiger charge is -2.34. The van der Waals surface area contributed by atoms with E-state index in [2.05, 4.69) is 28.7 Å². The minimum Gasteiger partial charge on any atom is -0.490 e. The average Bonchev–Trinajstić information content (AvgIpc) is 3.27. The maximum Gasteiger partial charge on any atom is 0.316 e. The molecule has 0 spiro atoms. The summed E-state index contributed by atoms with van der Waals surface area (Å²) in [6.07, 6.45) is 4.56. The molecular formula is C27H33F2N5O3. The topological polar surface area (TPSA) is 72.7 Å². The molecule has 8 nitrogen and oxygen atoms in total. The third kappa shape index (κ3) is 5.39. The first kappa shape index (κ1) is 25.4. The Morgan fingerprint density at radius 3 is 2.35 bits per heavy atom. The van der Waals surface area contributed by atoms with Gasteiger partial charge in [-0.1, -0.05) is 0 Å². The number of nitrogens with zero attached hydrogens (tertiary/aromatic N) is 5. The summed E-state index contributed by atoms with van der Waals surface area (Å²) < 4.78 is 40.6. The molecule has 2 aliphatic rings. The van der Waals surface area contributed by atoms with E-state index in [4.69, 9.17) is 9.47 Å². The minimum atomic E-state index is -2.73. The lowest BCUT2D eigenvalue weighted by atomic mass is 10.1. The lowest BCUT2D eigenvalue weighted by Crippen LogP contribution is -2.43. The summed E-state index contributed by atoms with van der Waals surface area (Å²) >= 11 is 0. The number of hydrogen-bond acceptors (Lipinski definition) is 6. The van der Waals surface area contributed by atoms with Crippen LogP contribution in [0.3, 0.4) is 0 Å². The van der Waals surface area contributed by atoms with Crippen LogP contribution in [0.15, 0.2) is 36.7 Å². The van der Waals surface area contributed by atoms with Gasteiger partial charge in [0.1, 0.15) is 17.5 Å². The predicted molar refractivity (Wildman–Crippen MR) is 136 cm³/mol. The van der Waals surface area contributed by atoms with Gasteiger partial charge in [0.25, 0.3) is 11.8 Å². The Hall–Kier alpha value is -3.27. The van der Waals surface area contributed by atoms with Crippen LogP contribution < -0.4 is 9.47 Å². The SMILES string of the molecule is COc1ncc(-n2c(C(=O)N3CCC(F)(F)CC3)cc3cc(OC4CCN(C(C)C)CC4)ccc32)cn1. The number of rotatable bonds is 6. The van der Waals surface area contributed by atoms with Gasteiger partial charge in [0, 0.05) is 50.4 Å². The van der Waals surface area contributed by atoms with Crippen molar-refractivity contribution in [1.82, 2.24) is 24.3 Å². The number of likely N-dealkylation sites (tertiary alicyclic amines) is 2. The molecule has 10 heteroatoms. The highest BCUT2D eigenvalue weighted by atomic mass is 19.3. The average molecular weight is 514 g/mol. The number of alkyl halides is 2. The highest BCUT2D eigenvalue weighted by molar-refractivity contribution is 6.00. The minimum absolute atomic E-state index is 0.00983. The van der Waals surface area contributed by atoms with Crippen LogP contribution in [-0.4, -0.2) is 81.6 Å². The number of ether oxygens (including phenoxy) is 2. The number of benzene rings is 1. The molecule has 0 N–H and O–H groups in total. The smallest absolute Gasteiger partial charge is 0.316 e. The van der Waals surface area contributed by atoms with E-state index in [1.165, 1.54) is 12.0 Å². The second-order valence-electron chi connectivity index (χ2n) is 10.1. The summed E-state index contributed by atoms with van der Waals surface area (Å²) in [5.74, 6) is -2.29. The molecule has 2 aliphatic heterocycles. The zero-order valence-corrected chi connectivity index (χ0v) is 21.5. The van der Waals surface area contributed by atoms with E-state index in [1.807, 2.05) is 18.2 Å². The van der Waals surface area contributed by atoms with E-state index in [0.29, 0.717) is 17.4 Å². The van der Waals surface area contributed by atoms with Crippen LogP contribution in [0.25, 0.3) is 16.6 Å². The van der Waals surface area contributed by atoms with E-state index in [9.17, 15) is 13.6 Å². The van der Waals surface area contributed by atoms with Gasteiger partial charge < -0.3 is 23.8 Å². The Morgan fingerprint density at radius 2 is 1.73 bits per heavy atom. The van der Waals surface area contributed by atoms with Crippen molar-refractivity contribution in [3.8, 4) is 17.4 Å². The van der Waals surface area contributed by atoms with E-state index in [0.717, 1.165) is 42.6 Å². The van der Waals surface area contributed by atoms with Gasteiger partial charge >= 0.3 is 6.01 Å². The molecule has 1 aromatic carbocycles. The van der Waals surface area contributed by atoms with Crippen molar-refractivity contribution in [2.75, 3.05) is 33.3 Å². The molecule has 0 unspecified atom stereocenters. The van der Waals surface area contributed by atoms with Crippen LogP contribution in [-0.2, 0) is 0 Å². The normalized spacial score (nSPS) is 18.9. The molecule has 3 aromatic rings. The van der Waals surface area contributed by atoms with Crippen molar-refractivity contribution in [2.45, 2.75) is 57.6 Å². The Balaban J connectivity index is 1.45. The molecule has 0 bridgehead atoms. The van der Waals surface area contributed by atoms with Gasteiger partial charge in [0.15, 0.2) is 0 Å². The van der Waals surface area contributed by atoms with E-state index >= 15 is 0 Å². The van der Waals surface area contributed by atoms with Crippen molar-refractivity contribution in [2.24, 2.45) is 0 Å². The van der Waals surface area contributed by atoms with Crippen molar-refractivity contribution < 1.29 is 23.0 Å². The third-order valence-corrected chi connectivity index (χ3v) is 7.34. The first-order valence-corrected chi connectivity index (χ1v) is 12.8. The number of fused-ring (bicyclic) bond motifs is 1. The number of methoxy groups -OCH3 is 1. The Labute approximate surface area is 215 Å². The monoisotopic (exact) mass is 513 g/mol. The highest BCUT2D eigenvalue weighted by Gasteiger charge is 2.36. The summed E-state index contributed by atoms with van der Waals surface area (Å²) in [6.45, 7) is 6.45. The highest BCUT2D eigenvalue weighted by Crippen LogP contribution is 2.32. The molecule has 4 heterocycles. The van der Waals surface area contributed by atoms with Crippen LogP contribution in [0.1, 0.15) is 50.0 Å². The van der Waals surface area contributed by atoms with Crippen LogP contribution in [0.5, 0.6) is 11.8 Å². The maximum absolute atomic E-state index is 13.7. The fraction of sp³-hybridized carbons (Fsp3) is 0.519. The van der Waals surface area contributed by atoms with Gasteiger partial charge in [-0.05, 0) is 51.0 Å². The molecule has 0 radical (unpaired) electrons. The third-order valence-electron chi connectivity index (χ3n) is 7.34. The second kappa shape index (κ2) is 10.2. The Bertz CT molecular complexity index is 1240. The van der Waals surface area contributed by atoms with E-state index in [-0.39, 0.29) is 44.0 Å². The van der Waals surface area contributed by atoms with Crippen molar-refractivity contribution in [1.29, 1.82) is 0 Å². The molecule has 1 amide bonds. The molecular weight excluding hydrogens is 480 g/mol. The molecule has 198 valence electrons. The number of carbonyl (C=O) groups excluding carboxylic acids is 1. The summed E-state index contributed by atoms with van der Waals surface area (Å²) in [7, 11) is 1.48. The van der Waals surface area contributed by atoms with Gasteiger partial charge in [-0.25, -0.2) is 18.7 Å². The number of aromatic nitrogens is 3. The van der Waals surface area contributed by atoms with Gasteiger partial charge in [0.05, 0.1) is 30.7 Å². The quantitative estimate of drug-likeness (QED) is 0.482. The van der Waals surface area contributed by atoms with Crippen LogP contribution in [0.4, 0.5) is 8.78 Å². The number of carbonyl (C=O) groups is 1. The van der Waals surface area contributed by atoms with Crippen LogP contribution in [0.2, 0.25) is 0 Å². The number of halogens is 2. The standard InChI is InChI=1S/C27H33F2N5O3/c1-18(2)32-10-6-21(7-11-32)37-22-4-5-23-19(14-22)15-24(25(35)33-12-8-27(28,29)9-13-33)34(23)20-16-30-26(36-3)31-17-20/h4-5,14-18,21H,6-13H2,1-3H3. The van der Waals surface area contributed by atoms with E-state index < -0.39 is 5.92 Å².